The highest BCUT2D eigenvalue weighted by molar-refractivity contribution is 14.1. The molecule has 1 atom stereocenters. The van der Waals surface area contributed by atoms with Crippen molar-refractivity contribution in [1.29, 1.82) is 0 Å². The first kappa shape index (κ1) is 22.8. The number of anilines is 2. The summed E-state index contributed by atoms with van der Waals surface area (Å²) in [4.78, 5) is 35.3. The van der Waals surface area contributed by atoms with Crippen LogP contribution in [0.1, 0.15) is 34.1 Å². The fourth-order valence-corrected chi connectivity index (χ4v) is 3.74. The predicted molar refractivity (Wildman–Crippen MR) is 119 cm³/mol. The van der Waals surface area contributed by atoms with Crippen molar-refractivity contribution >= 4 is 60.9 Å². The van der Waals surface area contributed by atoms with Crippen LogP contribution in [0.3, 0.4) is 0 Å². The normalized spacial score (nSPS) is 11.3. The summed E-state index contributed by atoms with van der Waals surface area (Å²) in [5, 5.41) is 2.69. The first-order valence-corrected chi connectivity index (χ1v) is 10.6. The van der Waals surface area contributed by atoms with Gasteiger partial charge in [-0.2, -0.15) is 0 Å². The SMILES string of the molecule is CCC(=O)Nc1cc(S(=O)Nc2cc(C=O)c(OC)c(C(=O)I)c2)ccc1OC. The Balaban J connectivity index is 2.38. The number of methoxy groups -OCH3 is 2. The molecule has 2 aromatic rings. The fraction of sp³-hybridized carbons (Fsp3) is 0.211. The highest BCUT2D eigenvalue weighted by atomic mass is 127. The topological polar surface area (TPSA) is 111 Å². The Morgan fingerprint density at radius 2 is 1.90 bits per heavy atom. The molecule has 0 saturated heterocycles. The number of rotatable bonds is 9. The molecule has 0 heterocycles. The van der Waals surface area contributed by atoms with Gasteiger partial charge in [-0.1, -0.05) is 6.92 Å². The Bertz CT molecular complexity index is 979. The maximum atomic E-state index is 12.8. The largest absolute Gasteiger partial charge is 0.495 e. The van der Waals surface area contributed by atoms with Gasteiger partial charge in [-0.3, -0.25) is 14.4 Å². The third kappa shape index (κ3) is 5.54. The highest BCUT2D eigenvalue weighted by Gasteiger charge is 2.17. The van der Waals surface area contributed by atoms with Gasteiger partial charge in [0.2, 0.25) is 9.70 Å². The van der Waals surface area contributed by atoms with Gasteiger partial charge in [0.05, 0.1) is 35.9 Å². The first-order valence-electron chi connectivity index (χ1n) is 8.37. The van der Waals surface area contributed by atoms with Crippen molar-refractivity contribution in [2.24, 2.45) is 0 Å². The Hall–Kier alpha value is -2.47. The van der Waals surface area contributed by atoms with Gasteiger partial charge in [-0.15, -0.1) is 0 Å². The number of amides is 1. The zero-order valence-electron chi connectivity index (χ0n) is 15.9. The van der Waals surface area contributed by atoms with Crippen molar-refractivity contribution in [2.45, 2.75) is 18.2 Å². The fourth-order valence-electron chi connectivity index (χ4n) is 2.48. The van der Waals surface area contributed by atoms with Crippen molar-refractivity contribution in [3.63, 3.8) is 0 Å². The van der Waals surface area contributed by atoms with Gasteiger partial charge in [-0.05, 0) is 30.3 Å². The minimum atomic E-state index is -1.74. The third-order valence-corrected chi connectivity index (χ3v) is 5.54. The van der Waals surface area contributed by atoms with Gasteiger partial charge in [-0.25, -0.2) is 4.21 Å². The average molecular weight is 530 g/mol. The van der Waals surface area contributed by atoms with Crippen LogP contribution in [-0.4, -0.2) is 34.4 Å². The molecule has 0 aliphatic heterocycles. The van der Waals surface area contributed by atoms with Crippen LogP contribution in [0.2, 0.25) is 0 Å². The second-order valence-electron chi connectivity index (χ2n) is 5.67. The number of halogens is 1. The lowest BCUT2D eigenvalue weighted by Gasteiger charge is -2.14. The van der Waals surface area contributed by atoms with Crippen molar-refractivity contribution in [2.75, 3.05) is 24.3 Å². The van der Waals surface area contributed by atoms with Crippen molar-refractivity contribution in [1.82, 2.24) is 0 Å². The minimum absolute atomic E-state index is 0.153. The molecule has 8 nitrogen and oxygen atoms in total. The Morgan fingerprint density at radius 3 is 2.45 bits per heavy atom. The van der Waals surface area contributed by atoms with Gasteiger partial charge < -0.3 is 19.5 Å². The predicted octanol–water partition coefficient (Wildman–Crippen LogP) is 3.57. The van der Waals surface area contributed by atoms with Crippen LogP contribution in [0.15, 0.2) is 35.2 Å². The molecule has 0 radical (unpaired) electrons. The summed E-state index contributed by atoms with van der Waals surface area (Å²) in [5.41, 5.74) is 1.03. The van der Waals surface area contributed by atoms with Gasteiger partial charge >= 0.3 is 0 Å². The van der Waals surface area contributed by atoms with E-state index < -0.39 is 11.0 Å². The molecule has 2 rings (SSSR count). The lowest BCUT2D eigenvalue weighted by molar-refractivity contribution is -0.115. The zero-order chi connectivity index (χ0) is 21.6. The molecule has 0 aliphatic carbocycles. The summed E-state index contributed by atoms with van der Waals surface area (Å²) in [6.45, 7) is 1.71. The third-order valence-electron chi connectivity index (χ3n) is 3.85. The smallest absolute Gasteiger partial charge is 0.226 e. The molecule has 2 N–H and O–H groups in total. The van der Waals surface area contributed by atoms with Crippen LogP contribution < -0.4 is 19.5 Å². The maximum Gasteiger partial charge on any atom is 0.226 e. The summed E-state index contributed by atoms with van der Waals surface area (Å²) < 4.78 is 25.6. The molecule has 10 heteroatoms. The van der Waals surface area contributed by atoms with E-state index in [0.717, 1.165) is 0 Å². The molecule has 1 amide bonds. The van der Waals surface area contributed by atoms with Crippen molar-refractivity contribution < 1.29 is 28.1 Å². The molecule has 0 fully saturated rings. The molecule has 154 valence electrons. The van der Waals surface area contributed by atoms with Crippen LogP contribution in [-0.2, 0) is 15.8 Å². The standard InChI is InChI=1S/C19H19IN2O6S/c1-4-17(24)21-15-9-13(5-6-16(15)27-2)29(26)22-12-7-11(10-23)18(28-3)14(8-12)19(20)25/h5-10,22H,4H2,1-3H3,(H,21,24). The van der Waals surface area contributed by atoms with Crippen molar-refractivity contribution in [3.8, 4) is 11.5 Å². The van der Waals surface area contributed by atoms with E-state index in [1.807, 2.05) is 0 Å². The average Bonchev–Trinajstić information content (AvgIpc) is 2.72. The van der Waals surface area contributed by atoms with E-state index in [2.05, 4.69) is 10.0 Å². The Labute approximate surface area is 184 Å². The van der Waals surface area contributed by atoms with Crippen LogP contribution >= 0.6 is 22.6 Å². The van der Waals surface area contributed by atoms with E-state index in [1.165, 1.54) is 32.4 Å². The van der Waals surface area contributed by atoms with Crippen LogP contribution in [0.4, 0.5) is 11.4 Å². The summed E-state index contributed by atoms with van der Waals surface area (Å²) in [5.74, 6) is 0.373. The van der Waals surface area contributed by atoms with E-state index in [0.29, 0.717) is 28.3 Å². The van der Waals surface area contributed by atoms with Crippen LogP contribution in [0, 0.1) is 0 Å². The minimum Gasteiger partial charge on any atom is -0.495 e. The molecule has 0 saturated carbocycles. The zero-order valence-corrected chi connectivity index (χ0v) is 18.9. The number of hydrogen-bond acceptors (Lipinski definition) is 6. The second-order valence-corrected chi connectivity index (χ2v) is 7.87. The summed E-state index contributed by atoms with van der Waals surface area (Å²) in [7, 11) is 1.09. The van der Waals surface area contributed by atoms with E-state index in [4.69, 9.17) is 9.47 Å². The second kappa shape index (κ2) is 10.3. The quantitative estimate of drug-likeness (QED) is 0.292. The van der Waals surface area contributed by atoms with E-state index in [1.54, 1.807) is 41.6 Å². The van der Waals surface area contributed by atoms with E-state index >= 15 is 0 Å². The summed E-state index contributed by atoms with van der Waals surface area (Å²) in [6, 6.07) is 7.60. The maximum absolute atomic E-state index is 12.8. The first-order chi connectivity index (χ1) is 13.8. The number of hydrogen-bond donors (Lipinski definition) is 2. The van der Waals surface area contributed by atoms with Gasteiger partial charge in [0.25, 0.3) is 0 Å². The monoisotopic (exact) mass is 530 g/mol. The summed E-state index contributed by atoms with van der Waals surface area (Å²) in [6.07, 6.45) is 0.837. The Kier molecular flexibility index (Phi) is 8.14. The number of aldehydes is 1. The van der Waals surface area contributed by atoms with Gasteiger partial charge in [0.1, 0.15) is 22.5 Å². The molecule has 0 spiro atoms. The molecular weight excluding hydrogens is 511 g/mol. The van der Waals surface area contributed by atoms with Gasteiger partial charge in [0.15, 0.2) is 6.29 Å². The number of carbonyl (C=O) groups is 3. The molecule has 2 aromatic carbocycles. The lowest BCUT2D eigenvalue weighted by atomic mass is 10.1. The van der Waals surface area contributed by atoms with E-state index in [-0.39, 0.29) is 33.0 Å². The Morgan fingerprint density at radius 1 is 1.17 bits per heavy atom. The van der Waals surface area contributed by atoms with E-state index in [9.17, 15) is 18.6 Å². The molecule has 1 unspecified atom stereocenters. The lowest BCUT2D eigenvalue weighted by Crippen LogP contribution is -2.12. The summed E-state index contributed by atoms with van der Waals surface area (Å²) >= 11 is 1.59. The molecule has 0 aliphatic rings. The van der Waals surface area contributed by atoms with Crippen LogP contribution in [0.25, 0.3) is 0 Å². The number of carbonyl (C=O) groups excluding carboxylic acids is 3. The van der Waals surface area contributed by atoms with Crippen LogP contribution in [0.5, 0.6) is 11.5 Å². The number of nitrogens with one attached hydrogen (secondary N) is 2. The molecular formula is C19H19IN2O6S. The molecule has 0 aromatic heterocycles. The molecule has 29 heavy (non-hydrogen) atoms. The molecule has 0 bridgehead atoms. The number of benzene rings is 2. The number of ether oxygens (including phenoxy) is 2. The highest BCUT2D eigenvalue weighted by Crippen LogP contribution is 2.31. The van der Waals surface area contributed by atoms with Crippen molar-refractivity contribution in [3.05, 3.63) is 41.5 Å². The van der Waals surface area contributed by atoms with Gasteiger partial charge in [0, 0.05) is 34.7 Å².